The maximum absolute atomic E-state index is 11.7. The zero-order valence-corrected chi connectivity index (χ0v) is 9.55. The van der Waals surface area contributed by atoms with Crippen LogP contribution < -0.4 is 5.73 Å². The lowest BCUT2D eigenvalue weighted by atomic mass is 9.82. The molecule has 2 heteroatoms. The summed E-state index contributed by atoms with van der Waals surface area (Å²) in [5, 5.41) is 0. The summed E-state index contributed by atoms with van der Waals surface area (Å²) in [6.07, 6.45) is 1.84. The summed E-state index contributed by atoms with van der Waals surface area (Å²) in [6.45, 7) is 9.89. The molecule has 13 heavy (non-hydrogen) atoms. The van der Waals surface area contributed by atoms with E-state index in [1.165, 1.54) is 0 Å². The minimum atomic E-state index is -0.211. The highest BCUT2D eigenvalue weighted by Crippen LogP contribution is 2.22. The van der Waals surface area contributed by atoms with Gasteiger partial charge in [0.25, 0.3) is 0 Å². The zero-order chi connectivity index (χ0) is 10.6. The van der Waals surface area contributed by atoms with Gasteiger partial charge in [-0.1, -0.05) is 27.7 Å². The lowest BCUT2D eigenvalue weighted by molar-refractivity contribution is -0.130. The number of hydrogen-bond donors (Lipinski definition) is 1. The standard InChI is InChI=1S/C11H23NO.H2/c1-8(6-7-9(2)12)10(13)11(3,4)5;/h8-9H,6-7,12H2,1-5H3;1H. The minimum Gasteiger partial charge on any atom is -0.328 e. The molecule has 0 aliphatic heterocycles. The van der Waals surface area contributed by atoms with Crippen LogP contribution in [0.5, 0.6) is 0 Å². The number of rotatable bonds is 4. The van der Waals surface area contributed by atoms with E-state index in [1.807, 2.05) is 34.6 Å². The topological polar surface area (TPSA) is 43.1 Å². The van der Waals surface area contributed by atoms with E-state index in [9.17, 15) is 4.79 Å². The van der Waals surface area contributed by atoms with Gasteiger partial charge in [-0.05, 0) is 19.8 Å². The van der Waals surface area contributed by atoms with E-state index in [4.69, 9.17) is 5.73 Å². The molecule has 80 valence electrons. The summed E-state index contributed by atoms with van der Waals surface area (Å²) >= 11 is 0. The molecule has 0 bridgehead atoms. The molecule has 0 heterocycles. The summed E-state index contributed by atoms with van der Waals surface area (Å²) in [7, 11) is 0. The van der Waals surface area contributed by atoms with Gasteiger partial charge in [0, 0.05) is 18.8 Å². The first-order valence-corrected chi connectivity index (χ1v) is 5.05. The third kappa shape index (κ3) is 5.04. The van der Waals surface area contributed by atoms with Gasteiger partial charge in [0.2, 0.25) is 0 Å². The Morgan fingerprint density at radius 3 is 2.08 bits per heavy atom. The van der Waals surface area contributed by atoms with Crippen molar-refractivity contribution in [1.82, 2.24) is 0 Å². The predicted octanol–water partition coefficient (Wildman–Crippen LogP) is 2.61. The third-order valence-electron chi connectivity index (χ3n) is 2.24. The number of nitrogens with two attached hydrogens (primary N) is 1. The quantitative estimate of drug-likeness (QED) is 0.735. The zero-order valence-electron chi connectivity index (χ0n) is 9.55. The molecule has 0 aliphatic rings. The van der Waals surface area contributed by atoms with E-state index in [0.29, 0.717) is 5.78 Å². The van der Waals surface area contributed by atoms with Crippen molar-refractivity contribution in [3.8, 4) is 0 Å². The molecule has 0 amide bonds. The van der Waals surface area contributed by atoms with Crippen LogP contribution >= 0.6 is 0 Å². The summed E-state index contributed by atoms with van der Waals surface area (Å²) in [4.78, 5) is 11.7. The Morgan fingerprint density at radius 2 is 1.77 bits per heavy atom. The van der Waals surface area contributed by atoms with E-state index in [1.54, 1.807) is 0 Å². The highest BCUT2D eigenvalue weighted by molar-refractivity contribution is 5.85. The summed E-state index contributed by atoms with van der Waals surface area (Å²) in [6, 6.07) is 0.204. The Kier molecular flexibility index (Phi) is 4.62. The van der Waals surface area contributed by atoms with E-state index >= 15 is 0 Å². The van der Waals surface area contributed by atoms with Crippen LogP contribution in [0.4, 0.5) is 0 Å². The van der Waals surface area contributed by atoms with Crippen LogP contribution in [0.1, 0.15) is 48.9 Å². The maximum atomic E-state index is 11.7. The lowest BCUT2D eigenvalue weighted by Gasteiger charge is -2.22. The number of Topliss-reactive ketones (excluding diaryl/α,β-unsaturated/α-hetero) is 1. The van der Waals surface area contributed by atoms with Crippen LogP contribution in [0.25, 0.3) is 0 Å². The molecule has 0 spiro atoms. The van der Waals surface area contributed by atoms with E-state index in [2.05, 4.69) is 0 Å². The van der Waals surface area contributed by atoms with E-state index < -0.39 is 0 Å². The van der Waals surface area contributed by atoms with Crippen molar-refractivity contribution in [3.05, 3.63) is 0 Å². The second-order valence-corrected chi connectivity index (χ2v) is 5.07. The average molecular weight is 187 g/mol. The molecular formula is C11H25NO. The fraction of sp³-hybridized carbons (Fsp3) is 0.909. The molecule has 2 N–H and O–H groups in total. The smallest absolute Gasteiger partial charge is 0.140 e. The summed E-state index contributed by atoms with van der Waals surface area (Å²) in [5.41, 5.74) is 5.43. The van der Waals surface area contributed by atoms with Gasteiger partial charge < -0.3 is 5.73 Å². The van der Waals surface area contributed by atoms with E-state index in [-0.39, 0.29) is 18.8 Å². The van der Waals surface area contributed by atoms with Crippen LogP contribution in [-0.4, -0.2) is 11.8 Å². The monoisotopic (exact) mass is 187 g/mol. The molecule has 0 fully saturated rings. The first-order valence-electron chi connectivity index (χ1n) is 5.05. The Morgan fingerprint density at radius 1 is 1.31 bits per heavy atom. The second-order valence-electron chi connectivity index (χ2n) is 5.07. The Balaban J connectivity index is 0. The van der Waals surface area contributed by atoms with Crippen molar-refractivity contribution < 1.29 is 6.22 Å². The number of carbonyl (C=O) groups is 1. The van der Waals surface area contributed by atoms with E-state index in [0.717, 1.165) is 12.8 Å². The number of hydrogen-bond acceptors (Lipinski definition) is 2. The molecule has 0 aromatic rings. The van der Waals surface area contributed by atoms with Gasteiger partial charge in [-0.25, -0.2) is 0 Å². The Bertz CT molecular complexity index is 173. The van der Waals surface area contributed by atoms with Crippen molar-refractivity contribution >= 4 is 5.78 Å². The summed E-state index contributed by atoms with van der Waals surface area (Å²) < 4.78 is 0. The molecule has 2 atom stereocenters. The molecule has 0 saturated heterocycles. The number of ketones is 1. The fourth-order valence-corrected chi connectivity index (χ4v) is 1.38. The summed E-state index contributed by atoms with van der Waals surface area (Å²) in [5.74, 6) is 0.485. The highest BCUT2D eigenvalue weighted by atomic mass is 16.1. The van der Waals surface area contributed by atoms with Crippen molar-refractivity contribution in [3.63, 3.8) is 0 Å². The van der Waals surface area contributed by atoms with Gasteiger partial charge in [0.05, 0.1) is 0 Å². The Labute approximate surface area is 83.4 Å². The predicted molar refractivity (Wildman–Crippen MR) is 58.6 cm³/mol. The second kappa shape index (κ2) is 4.75. The molecule has 0 aliphatic carbocycles. The highest BCUT2D eigenvalue weighted by Gasteiger charge is 2.26. The van der Waals surface area contributed by atoms with Crippen LogP contribution in [0.2, 0.25) is 0 Å². The largest absolute Gasteiger partial charge is 0.328 e. The fourth-order valence-electron chi connectivity index (χ4n) is 1.38. The van der Waals surface area contributed by atoms with Crippen molar-refractivity contribution in [2.75, 3.05) is 0 Å². The SMILES string of the molecule is CC(N)CCC(C)C(=O)C(C)(C)C.[HH]. The molecule has 0 aromatic heterocycles. The van der Waals surface area contributed by atoms with Gasteiger partial charge in [-0.15, -0.1) is 0 Å². The normalized spacial score (nSPS) is 16.8. The first-order chi connectivity index (χ1) is 5.75. The van der Waals surface area contributed by atoms with Crippen molar-refractivity contribution in [1.29, 1.82) is 0 Å². The third-order valence-corrected chi connectivity index (χ3v) is 2.24. The van der Waals surface area contributed by atoms with Gasteiger partial charge in [-0.3, -0.25) is 4.79 Å². The van der Waals surface area contributed by atoms with Crippen molar-refractivity contribution in [2.24, 2.45) is 17.1 Å². The van der Waals surface area contributed by atoms with Crippen molar-refractivity contribution in [2.45, 2.75) is 53.5 Å². The molecule has 0 rings (SSSR count). The maximum Gasteiger partial charge on any atom is 0.140 e. The molecule has 0 aromatic carbocycles. The number of carbonyl (C=O) groups excluding carboxylic acids is 1. The van der Waals surface area contributed by atoms with Gasteiger partial charge >= 0.3 is 0 Å². The molecule has 0 saturated carbocycles. The minimum absolute atomic E-state index is 0. The molecule has 2 unspecified atom stereocenters. The van der Waals surface area contributed by atoms with Crippen LogP contribution in [-0.2, 0) is 4.79 Å². The average Bonchev–Trinajstić information content (AvgIpc) is 1.96. The van der Waals surface area contributed by atoms with Gasteiger partial charge in [0.15, 0.2) is 0 Å². The lowest BCUT2D eigenvalue weighted by Crippen LogP contribution is -2.28. The molecule has 2 nitrogen and oxygen atoms in total. The van der Waals surface area contributed by atoms with Gasteiger partial charge in [-0.2, -0.15) is 0 Å². The van der Waals surface area contributed by atoms with Crippen LogP contribution in [0, 0.1) is 11.3 Å². The van der Waals surface area contributed by atoms with Crippen LogP contribution in [0.15, 0.2) is 0 Å². The molecular weight excluding hydrogens is 162 g/mol. The van der Waals surface area contributed by atoms with Crippen LogP contribution in [0.3, 0.4) is 0 Å². The first kappa shape index (κ1) is 12.6. The van der Waals surface area contributed by atoms with Gasteiger partial charge in [0.1, 0.15) is 5.78 Å². The molecule has 0 radical (unpaired) electrons. The Hall–Kier alpha value is -0.370.